The van der Waals surface area contributed by atoms with Crippen LogP contribution in [0, 0.1) is 0 Å². The summed E-state index contributed by atoms with van der Waals surface area (Å²) >= 11 is 3.51. The maximum absolute atomic E-state index is 12.3. The Bertz CT molecular complexity index is 940. The van der Waals surface area contributed by atoms with Gasteiger partial charge in [-0.05, 0) is 45.8 Å². The Morgan fingerprint density at radius 2 is 2.24 bits per heavy atom. The van der Waals surface area contributed by atoms with Crippen LogP contribution in [0.3, 0.4) is 0 Å². The molecule has 0 unspecified atom stereocenters. The molecule has 3 aromatic rings. The summed E-state index contributed by atoms with van der Waals surface area (Å²) in [6.07, 6.45) is 5.53. The number of fused-ring (bicyclic) bond motifs is 1. The number of pyridine rings is 1. The Labute approximate surface area is 153 Å². The lowest BCUT2D eigenvalue weighted by Gasteiger charge is -2.23. The number of aromatic nitrogens is 3. The van der Waals surface area contributed by atoms with E-state index in [1.54, 1.807) is 25.8 Å². The van der Waals surface area contributed by atoms with Gasteiger partial charge in [0.05, 0.1) is 29.2 Å². The predicted molar refractivity (Wildman–Crippen MR) is 97.1 cm³/mol. The van der Waals surface area contributed by atoms with Gasteiger partial charge in [0.1, 0.15) is 17.9 Å². The molecular formula is C18H15BrN4O2. The molecule has 1 atom stereocenters. The smallest absolute Gasteiger partial charge is 0.226 e. The van der Waals surface area contributed by atoms with Gasteiger partial charge in [-0.2, -0.15) is 0 Å². The predicted octanol–water partition coefficient (Wildman–Crippen LogP) is 3.51. The third kappa shape index (κ3) is 2.80. The molecule has 1 aromatic carbocycles. The van der Waals surface area contributed by atoms with Crippen molar-refractivity contribution in [3.8, 4) is 11.4 Å². The zero-order valence-corrected chi connectivity index (χ0v) is 15.0. The van der Waals surface area contributed by atoms with Crippen molar-refractivity contribution in [2.75, 3.05) is 12.4 Å². The molecule has 7 heteroatoms. The van der Waals surface area contributed by atoms with Gasteiger partial charge in [0.2, 0.25) is 5.91 Å². The molecule has 0 radical (unpaired) electrons. The number of amides is 1. The van der Waals surface area contributed by atoms with E-state index in [2.05, 4.69) is 31.2 Å². The monoisotopic (exact) mass is 398 g/mol. The van der Waals surface area contributed by atoms with Crippen LogP contribution in [0.1, 0.15) is 23.6 Å². The standard InChI is InChI=1S/C18H15BrN4O2/c1-25-15-5-4-11(7-14(15)19)13-8-16(24)22-18-17(13)21-10-23(18)12-3-2-6-20-9-12/h2-7,9-10,13H,8H2,1H3,(H,22,24)/t13-/m0/s1. The van der Waals surface area contributed by atoms with Crippen LogP contribution in [0.4, 0.5) is 5.82 Å². The lowest BCUT2D eigenvalue weighted by atomic mass is 9.90. The number of methoxy groups -OCH3 is 1. The van der Waals surface area contributed by atoms with Crippen molar-refractivity contribution in [1.29, 1.82) is 0 Å². The van der Waals surface area contributed by atoms with Crippen LogP contribution in [0.25, 0.3) is 5.69 Å². The first kappa shape index (κ1) is 15.8. The highest BCUT2D eigenvalue weighted by molar-refractivity contribution is 9.10. The van der Waals surface area contributed by atoms with Gasteiger partial charge < -0.3 is 10.1 Å². The van der Waals surface area contributed by atoms with Crippen molar-refractivity contribution < 1.29 is 9.53 Å². The molecule has 126 valence electrons. The fourth-order valence-electron chi connectivity index (χ4n) is 3.07. The summed E-state index contributed by atoms with van der Waals surface area (Å²) in [6.45, 7) is 0. The third-order valence-electron chi connectivity index (χ3n) is 4.28. The minimum absolute atomic E-state index is 0.0323. The second kappa shape index (κ2) is 6.33. The largest absolute Gasteiger partial charge is 0.496 e. The summed E-state index contributed by atoms with van der Waals surface area (Å²) < 4.78 is 7.99. The van der Waals surface area contributed by atoms with Crippen LogP contribution in [0.15, 0.2) is 53.5 Å². The normalized spacial score (nSPS) is 16.2. The van der Waals surface area contributed by atoms with E-state index in [1.165, 1.54) is 0 Å². The fourth-order valence-corrected chi connectivity index (χ4v) is 3.63. The Kier molecular flexibility index (Phi) is 4.01. The number of carbonyl (C=O) groups excluding carboxylic acids is 1. The highest BCUT2D eigenvalue weighted by Crippen LogP contribution is 2.39. The number of hydrogen-bond donors (Lipinski definition) is 1. The van der Waals surface area contributed by atoms with Gasteiger partial charge in [0.15, 0.2) is 0 Å². The number of nitrogens with one attached hydrogen (secondary N) is 1. The molecule has 2 aromatic heterocycles. The van der Waals surface area contributed by atoms with E-state index < -0.39 is 0 Å². The minimum atomic E-state index is -0.108. The van der Waals surface area contributed by atoms with E-state index in [1.807, 2.05) is 34.9 Å². The van der Waals surface area contributed by atoms with Crippen molar-refractivity contribution in [3.63, 3.8) is 0 Å². The molecule has 0 spiro atoms. The fraction of sp³-hybridized carbons (Fsp3) is 0.167. The van der Waals surface area contributed by atoms with Crippen LogP contribution in [-0.4, -0.2) is 27.6 Å². The summed E-state index contributed by atoms with van der Waals surface area (Å²) in [5, 5.41) is 2.94. The third-order valence-corrected chi connectivity index (χ3v) is 4.90. The summed E-state index contributed by atoms with van der Waals surface area (Å²) in [6, 6.07) is 9.62. The Morgan fingerprint density at radius 3 is 2.96 bits per heavy atom. The van der Waals surface area contributed by atoms with Gasteiger partial charge in [-0.1, -0.05) is 6.07 Å². The molecule has 1 aliphatic heterocycles. The maximum Gasteiger partial charge on any atom is 0.226 e. The molecule has 3 heterocycles. The zero-order valence-electron chi connectivity index (χ0n) is 13.4. The van der Waals surface area contributed by atoms with Crippen molar-refractivity contribution in [2.24, 2.45) is 0 Å². The lowest BCUT2D eigenvalue weighted by molar-refractivity contribution is -0.116. The average molecular weight is 399 g/mol. The lowest BCUT2D eigenvalue weighted by Crippen LogP contribution is -2.25. The Balaban J connectivity index is 1.80. The van der Waals surface area contributed by atoms with Crippen LogP contribution >= 0.6 is 15.9 Å². The quantitative estimate of drug-likeness (QED) is 0.732. The first-order valence-electron chi connectivity index (χ1n) is 7.78. The van der Waals surface area contributed by atoms with E-state index >= 15 is 0 Å². The molecule has 0 saturated heterocycles. The maximum atomic E-state index is 12.3. The van der Waals surface area contributed by atoms with E-state index in [0.29, 0.717) is 12.2 Å². The molecule has 0 saturated carbocycles. The molecule has 0 aliphatic carbocycles. The zero-order chi connectivity index (χ0) is 17.4. The van der Waals surface area contributed by atoms with E-state index in [4.69, 9.17) is 4.74 Å². The molecule has 1 N–H and O–H groups in total. The summed E-state index contributed by atoms with van der Waals surface area (Å²) in [4.78, 5) is 21.0. The Morgan fingerprint density at radius 1 is 1.36 bits per heavy atom. The number of benzene rings is 1. The second-order valence-corrected chi connectivity index (χ2v) is 6.61. The molecule has 1 amide bonds. The number of rotatable bonds is 3. The van der Waals surface area contributed by atoms with E-state index in [0.717, 1.165) is 27.2 Å². The molecule has 4 rings (SSSR count). The van der Waals surface area contributed by atoms with Crippen molar-refractivity contribution >= 4 is 27.7 Å². The SMILES string of the molecule is COc1ccc([C@@H]2CC(=O)Nc3c2ncn3-c2cccnc2)cc1Br. The molecular weight excluding hydrogens is 384 g/mol. The average Bonchev–Trinajstić information content (AvgIpc) is 3.05. The van der Waals surface area contributed by atoms with Crippen molar-refractivity contribution in [1.82, 2.24) is 14.5 Å². The highest BCUT2D eigenvalue weighted by atomic mass is 79.9. The van der Waals surface area contributed by atoms with Crippen LogP contribution in [-0.2, 0) is 4.79 Å². The van der Waals surface area contributed by atoms with Crippen LogP contribution in [0.5, 0.6) is 5.75 Å². The topological polar surface area (TPSA) is 69.0 Å². The van der Waals surface area contributed by atoms with Gasteiger partial charge in [0, 0.05) is 18.5 Å². The van der Waals surface area contributed by atoms with Crippen LogP contribution in [0.2, 0.25) is 0 Å². The number of imidazole rings is 1. The van der Waals surface area contributed by atoms with Gasteiger partial charge >= 0.3 is 0 Å². The van der Waals surface area contributed by atoms with E-state index in [9.17, 15) is 4.79 Å². The minimum Gasteiger partial charge on any atom is -0.496 e. The number of carbonyl (C=O) groups is 1. The molecule has 6 nitrogen and oxygen atoms in total. The number of halogens is 1. The van der Waals surface area contributed by atoms with Gasteiger partial charge in [-0.3, -0.25) is 14.3 Å². The first-order valence-corrected chi connectivity index (χ1v) is 8.57. The molecule has 0 fully saturated rings. The van der Waals surface area contributed by atoms with E-state index in [-0.39, 0.29) is 11.8 Å². The van der Waals surface area contributed by atoms with Crippen LogP contribution < -0.4 is 10.1 Å². The Hall–Kier alpha value is -2.67. The summed E-state index contributed by atoms with van der Waals surface area (Å²) in [5.41, 5.74) is 2.72. The van der Waals surface area contributed by atoms with Gasteiger partial charge in [-0.15, -0.1) is 0 Å². The number of hydrogen-bond acceptors (Lipinski definition) is 4. The van der Waals surface area contributed by atoms with Crippen molar-refractivity contribution in [3.05, 3.63) is 64.8 Å². The summed E-state index contributed by atoms with van der Waals surface area (Å²) in [5.74, 6) is 1.31. The molecule has 25 heavy (non-hydrogen) atoms. The second-order valence-electron chi connectivity index (χ2n) is 5.76. The number of anilines is 1. The summed E-state index contributed by atoms with van der Waals surface area (Å²) in [7, 11) is 1.63. The van der Waals surface area contributed by atoms with Crippen molar-refractivity contribution in [2.45, 2.75) is 12.3 Å². The molecule has 1 aliphatic rings. The van der Waals surface area contributed by atoms with Gasteiger partial charge in [0.25, 0.3) is 0 Å². The first-order chi connectivity index (χ1) is 12.2. The molecule has 0 bridgehead atoms. The number of nitrogens with zero attached hydrogens (tertiary/aromatic N) is 3. The highest BCUT2D eigenvalue weighted by Gasteiger charge is 2.31. The van der Waals surface area contributed by atoms with Gasteiger partial charge in [-0.25, -0.2) is 4.98 Å². The number of ether oxygens (including phenoxy) is 1.